The van der Waals surface area contributed by atoms with Gasteiger partial charge in [0.05, 0.1) is 5.25 Å². The van der Waals surface area contributed by atoms with Crippen molar-refractivity contribution in [2.24, 2.45) is 0 Å². The van der Waals surface area contributed by atoms with Crippen LogP contribution in [0.4, 0.5) is 0 Å². The van der Waals surface area contributed by atoms with Crippen LogP contribution in [0.3, 0.4) is 0 Å². The van der Waals surface area contributed by atoms with Crippen LogP contribution >= 0.6 is 15.9 Å². The average molecular weight is 283 g/mol. The van der Waals surface area contributed by atoms with Gasteiger partial charge in [-0.25, -0.2) is 13.1 Å². The summed E-state index contributed by atoms with van der Waals surface area (Å²) in [6.45, 7) is 5.41. The summed E-state index contributed by atoms with van der Waals surface area (Å²) in [5, 5.41) is 2.88. The molecule has 0 spiro atoms. The summed E-state index contributed by atoms with van der Waals surface area (Å²) >= 11 is 3.12. The number of rotatable bonds is 4. The van der Waals surface area contributed by atoms with E-state index in [2.05, 4.69) is 32.5 Å². The molecule has 0 bridgehead atoms. The summed E-state index contributed by atoms with van der Waals surface area (Å²) in [7, 11) is -3.16. The van der Waals surface area contributed by atoms with E-state index in [4.69, 9.17) is 0 Å². The van der Waals surface area contributed by atoms with Gasteiger partial charge in [0.1, 0.15) is 0 Å². The van der Waals surface area contributed by atoms with Gasteiger partial charge < -0.3 is 5.32 Å². The van der Waals surface area contributed by atoms with Gasteiger partial charge in [0, 0.05) is 11.0 Å². The molecule has 1 aliphatic rings. The van der Waals surface area contributed by atoms with Gasteiger partial charge in [-0.2, -0.15) is 0 Å². The topological polar surface area (TPSA) is 58.2 Å². The number of halogens is 1. The minimum Gasteiger partial charge on any atom is -0.317 e. The molecule has 1 aliphatic heterocycles. The highest BCUT2D eigenvalue weighted by Gasteiger charge is 2.26. The van der Waals surface area contributed by atoms with Crippen LogP contribution in [-0.4, -0.2) is 33.3 Å². The van der Waals surface area contributed by atoms with Crippen molar-refractivity contribution < 1.29 is 8.42 Å². The number of hydrogen-bond donors (Lipinski definition) is 2. The van der Waals surface area contributed by atoms with E-state index in [0.717, 1.165) is 13.1 Å². The van der Waals surface area contributed by atoms with Crippen molar-refractivity contribution in [3.63, 3.8) is 0 Å². The van der Waals surface area contributed by atoms with Crippen LogP contribution in [0.1, 0.15) is 12.8 Å². The summed E-state index contributed by atoms with van der Waals surface area (Å²) < 4.78 is 26.6. The SMILES string of the molecule is C=C(Br)CNS(=O)(=O)C1CCNCC1. The Morgan fingerprint density at radius 3 is 2.57 bits per heavy atom. The number of hydrogen-bond acceptors (Lipinski definition) is 3. The molecule has 4 nitrogen and oxygen atoms in total. The lowest BCUT2D eigenvalue weighted by molar-refractivity contribution is 0.491. The van der Waals surface area contributed by atoms with E-state index in [1.807, 2.05) is 0 Å². The Kier molecular flexibility index (Phi) is 4.56. The summed E-state index contributed by atoms with van der Waals surface area (Å²) in [5.41, 5.74) is 0. The van der Waals surface area contributed by atoms with Gasteiger partial charge in [0.15, 0.2) is 0 Å². The lowest BCUT2D eigenvalue weighted by Crippen LogP contribution is -2.41. The molecule has 0 saturated carbocycles. The lowest BCUT2D eigenvalue weighted by Gasteiger charge is -2.22. The van der Waals surface area contributed by atoms with Crippen LogP contribution in [0.25, 0.3) is 0 Å². The zero-order chi connectivity index (χ0) is 10.6. The Bertz CT molecular complexity index is 296. The third kappa shape index (κ3) is 3.68. The summed E-state index contributed by atoms with van der Waals surface area (Å²) in [6.07, 6.45) is 1.37. The van der Waals surface area contributed by atoms with Gasteiger partial charge in [-0.1, -0.05) is 22.5 Å². The molecular weight excluding hydrogens is 268 g/mol. The predicted molar refractivity (Wildman–Crippen MR) is 60.9 cm³/mol. The standard InChI is InChI=1S/C8H15BrN2O2S/c1-7(9)6-11-14(12,13)8-2-4-10-5-3-8/h8,10-11H,1-6H2. The molecule has 1 saturated heterocycles. The van der Waals surface area contributed by atoms with E-state index in [9.17, 15) is 8.42 Å². The highest BCUT2D eigenvalue weighted by molar-refractivity contribution is 9.11. The molecule has 0 aromatic carbocycles. The quantitative estimate of drug-likeness (QED) is 0.793. The molecule has 1 heterocycles. The predicted octanol–water partition coefficient (Wildman–Crippen LogP) is 0.566. The summed E-state index contributed by atoms with van der Waals surface area (Å²) in [5.74, 6) is 0. The largest absolute Gasteiger partial charge is 0.317 e. The first-order valence-corrected chi connectivity index (χ1v) is 6.89. The second-order valence-electron chi connectivity index (χ2n) is 3.33. The van der Waals surface area contributed by atoms with Crippen LogP contribution in [0, 0.1) is 0 Å². The van der Waals surface area contributed by atoms with Crippen LogP contribution in [0.2, 0.25) is 0 Å². The van der Waals surface area contributed by atoms with Crippen molar-refractivity contribution >= 4 is 26.0 Å². The van der Waals surface area contributed by atoms with E-state index in [1.165, 1.54) is 0 Å². The zero-order valence-electron chi connectivity index (χ0n) is 7.92. The van der Waals surface area contributed by atoms with Crippen molar-refractivity contribution in [1.82, 2.24) is 10.0 Å². The van der Waals surface area contributed by atoms with Gasteiger partial charge >= 0.3 is 0 Å². The van der Waals surface area contributed by atoms with Crippen molar-refractivity contribution in [2.75, 3.05) is 19.6 Å². The maximum absolute atomic E-state index is 11.7. The third-order valence-electron chi connectivity index (χ3n) is 2.19. The molecule has 0 atom stereocenters. The van der Waals surface area contributed by atoms with E-state index >= 15 is 0 Å². The Balaban J connectivity index is 2.50. The fourth-order valence-corrected chi connectivity index (χ4v) is 3.20. The van der Waals surface area contributed by atoms with Crippen LogP contribution in [0.5, 0.6) is 0 Å². The minimum atomic E-state index is -3.16. The molecule has 2 N–H and O–H groups in total. The van der Waals surface area contributed by atoms with Gasteiger partial charge in [-0.05, 0) is 25.9 Å². The minimum absolute atomic E-state index is 0.254. The van der Waals surface area contributed by atoms with Crippen LogP contribution in [0.15, 0.2) is 11.1 Å². The molecule has 0 radical (unpaired) electrons. The van der Waals surface area contributed by atoms with E-state index < -0.39 is 10.0 Å². The van der Waals surface area contributed by atoms with Crippen molar-refractivity contribution in [2.45, 2.75) is 18.1 Å². The molecule has 6 heteroatoms. The molecule has 0 aromatic heterocycles. The Hall–Kier alpha value is 0.0900. The zero-order valence-corrected chi connectivity index (χ0v) is 10.3. The first-order valence-electron chi connectivity index (χ1n) is 4.55. The van der Waals surface area contributed by atoms with Gasteiger partial charge in [0.25, 0.3) is 0 Å². The Morgan fingerprint density at radius 1 is 1.50 bits per heavy atom. The second kappa shape index (κ2) is 5.25. The maximum Gasteiger partial charge on any atom is 0.214 e. The monoisotopic (exact) mass is 282 g/mol. The van der Waals surface area contributed by atoms with Crippen LogP contribution in [-0.2, 0) is 10.0 Å². The first-order chi connectivity index (χ1) is 6.52. The fraction of sp³-hybridized carbons (Fsp3) is 0.750. The van der Waals surface area contributed by atoms with Gasteiger partial charge in [0.2, 0.25) is 10.0 Å². The smallest absolute Gasteiger partial charge is 0.214 e. The molecule has 14 heavy (non-hydrogen) atoms. The maximum atomic E-state index is 11.7. The van der Waals surface area contributed by atoms with E-state index in [-0.39, 0.29) is 11.8 Å². The molecule has 82 valence electrons. The highest BCUT2D eigenvalue weighted by Crippen LogP contribution is 2.12. The number of piperidine rings is 1. The normalized spacial score (nSPS) is 19.5. The summed E-state index contributed by atoms with van der Waals surface area (Å²) in [6, 6.07) is 0. The third-order valence-corrected chi connectivity index (χ3v) is 4.37. The molecule has 0 amide bonds. The highest BCUT2D eigenvalue weighted by atomic mass is 79.9. The van der Waals surface area contributed by atoms with Crippen molar-refractivity contribution in [1.29, 1.82) is 0 Å². The lowest BCUT2D eigenvalue weighted by atomic mass is 10.2. The van der Waals surface area contributed by atoms with E-state index in [1.54, 1.807) is 0 Å². The molecule has 1 fully saturated rings. The Labute approximate surface area is 93.3 Å². The molecule has 1 rings (SSSR count). The average Bonchev–Trinajstić information content (AvgIpc) is 2.16. The van der Waals surface area contributed by atoms with Gasteiger partial charge in [-0.3, -0.25) is 0 Å². The van der Waals surface area contributed by atoms with Gasteiger partial charge in [-0.15, -0.1) is 0 Å². The molecular formula is C8H15BrN2O2S. The molecule has 0 unspecified atom stereocenters. The molecule has 0 aliphatic carbocycles. The Morgan fingerprint density at radius 2 is 2.07 bits per heavy atom. The number of sulfonamides is 1. The van der Waals surface area contributed by atoms with E-state index in [0.29, 0.717) is 17.3 Å². The fourth-order valence-electron chi connectivity index (χ4n) is 1.40. The van der Waals surface area contributed by atoms with Crippen molar-refractivity contribution in [3.8, 4) is 0 Å². The molecule has 0 aromatic rings. The van der Waals surface area contributed by atoms with Crippen LogP contribution < -0.4 is 10.0 Å². The number of nitrogens with one attached hydrogen (secondary N) is 2. The summed E-state index contributed by atoms with van der Waals surface area (Å²) in [4.78, 5) is 0. The first kappa shape index (κ1) is 12.2. The second-order valence-corrected chi connectivity index (χ2v) is 6.50. The van der Waals surface area contributed by atoms with Crippen molar-refractivity contribution in [3.05, 3.63) is 11.1 Å².